The Morgan fingerprint density at radius 2 is 1.19 bits per heavy atom. The second-order valence-corrected chi connectivity index (χ2v) is 7.91. The monoisotopic (exact) mass is 360 g/mol. The topological polar surface area (TPSA) is 24.1 Å². The molecule has 1 aromatic carbocycles. The van der Waals surface area contributed by atoms with Crippen LogP contribution in [-0.4, -0.2) is 13.1 Å². The van der Waals surface area contributed by atoms with Gasteiger partial charge in [0.25, 0.3) is 0 Å². The molecule has 0 radical (unpaired) electrons. The minimum Gasteiger partial charge on any atom is -0.312 e. The van der Waals surface area contributed by atoms with E-state index in [1.807, 2.05) is 0 Å². The van der Waals surface area contributed by atoms with Crippen LogP contribution in [-0.2, 0) is 13.1 Å². The minimum atomic E-state index is 0.828. The van der Waals surface area contributed by atoms with Gasteiger partial charge >= 0.3 is 0 Å². The van der Waals surface area contributed by atoms with Crippen molar-refractivity contribution in [1.29, 1.82) is 0 Å². The quantitative estimate of drug-likeness (QED) is 0.361. The number of benzene rings is 1. The van der Waals surface area contributed by atoms with Crippen LogP contribution >= 0.6 is 0 Å². The van der Waals surface area contributed by atoms with Crippen molar-refractivity contribution in [2.75, 3.05) is 13.1 Å². The van der Waals surface area contributed by atoms with Gasteiger partial charge in [0.15, 0.2) is 0 Å². The first-order valence-corrected chi connectivity index (χ1v) is 11.2. The zero-order valence-electron chi connectivity index (χ0n) is 17.9. The molecule has 0 spiro atoms. The van der Waals surface area contributed by atoms with Crippen LogP contribution in [0.3, 0.4) is 0 Å². The average Bonchev–Trinajstić information content (AvgIpc) is 2.67. The van der Waals surface area contributed by atoms with Crippen LogP contribution in [0.5, 0.6) is 0 Å². The Balaban J connectivity index is 2.33. The van der Waals surface area contributed by atoms with Crippen LogP contribution in [0.4, 0.5) is 0 Å². The van der Waals surface area contributed by atoms with Crippen molar-refractivity contribution in [3.05, 3.63) is 35.4 Å². The first kappa shape index (κ1) is 23.2. The summed E-state index contributed by atoms with van der Waals surface area (Å²) in [5.74, 6) is 1.66. The number of rotatable bonds is 16. The zero-order valence-corrected chi connectivity index (χ0v) is 17.9. The second kappa shape index (κ2) is 15.2. The van der Waals surface area contributed by atoms with Crippen LogP contribution in [0.25, 0.3) is 0 Å². The summed E-state index contributed by atoms with van der Waals surface area (Å²) in [5, 5.41) is 7.35. The van der Waals surface area contributed by atoms with Gasteiger partial charge in [-0.15, -0.1) is 0 Å². The van der Waals surface area contributed by atoms with E-state index < -0.39 is 0 Å². The lowest BCUT2D eigenvalue weighted by Crippen LogP contribution is -2.23. The van der Waals surface area contributed by atoms with Crippen molar-refractivity contribution in [3.63, 3.8) is 0 Å². The van der Waals surface area contributed by atoms with Crippen molar-refractivity contribution in [2.45, 2.75) is 92.2 Å². The van der Waals surface area contributed by atoms with Crippen LogP contribution in [0.1, 0.15) is 90.2 Å². The third-order valence-corrected chi connectivity index (χ3v) is 5.60. The van der Waals surface area contributed by atoms with E-state index >= 15 is 0 Å². The molecule has 1 aromatic rings. The van der Waals surface area contributed by atoms with Gasteiger partial charge in [-0.05, 0) is 48.9 Å². The Morgan fingerprint density at radius 1 is 0.731 bits per heavy atom. The van der Waals surface area contributed by atoms with Gasteiger partial charge < -0.3 is 10.6 Å². The average molecular weight is 361 g/mol. The summed E-state index contributed by atoms with van der Waals surface area (Å²) in [4.78, 5) is 0. The molecule has 0 bridgehead atoms. The Hall–Kier alpha value is -0.860. The van der Waals surface area contributed by atoms with Crippen LogP contribution in [0.2, 0.25) is 0 Å². The van der Waals surface area contributed by atoms with Crippen LogP contribution in [0.15, 0.2) is 24.3 Å². The molecular formula is C24H44N2. The van der Waals surface area contributed by atoms with Crippen molar-refractivity contribution in [2.24, 2.45) is 11.8 Å². The minimum absolute atomic E-state index is 0.828. The Kier molecular flexibility index (Phi) is 13.6. The molecule has 2 unspecified atom stereocenters. The maximum absolute atomic E-state index is 3.68. The first-order valence-electron chi connectivity index (χ1n) is 11.2. The third kappa shape index (κ3) is 10.3. The molecule has 2 atom stereocenters. The van der Waals surface area contributed by atoms with Gasteiger partial charge in [0.2, 0.25) is 0 Å². The SMILES string of the molecule is CCCCC(CC)CNCc1cccc(CNCC(CC)CCCC)c1. The van der Waals surface area contributed by atoms with Crippen molar-refractivity contribution in [3.8, 4) is 0 Å². The van der Waals surface area contributed by atoms with Crippen molar-refractivity contribution >= 4 is 0 Å². The molecule has 26 heavy (non-hydrogen) atoms. The van der Waals surface area contributed by atoms with Gasteiger partial charge in [-0.2, -0.15) is 0 Å². The third-order valence-electron chi connectivity index (χ3n) is 5.60. The maximum Gasteiger partial charge on any atom is 0.0205 e. The lowest BCUT2D eigenvalue weighted by Gasteiger charge is -2.16. The lowest BCUT2D eigenvalue weighted by molar-refractivity contribution is 0.418. The fourth-order valence-electron chi connectivity index (χ4n) is 3.58. The molecule has 0 aliphatic carbocycles. The molecule has 0 aliphatic rings. The maximum atomic E-state index is 3.68. The molecule has 0 fully saturated rings. The van der Waals surface area contributed by atoms with E-state index in [2.05, 4.69) is 62.6 Å². The Bertz CT molecular complexity index is 406. The second-order valence-electron chi connectivity index (χ2n) is 7.91. The van der Waals surface area contributed by atoms with Crippen molar-refractivity contribution in [1.82, 2.24) is 10.6 Å². The van der Waals surface area contributed by atoms with Gasteiger partial charge in [0.1, 0.15) is 0 Å². The lowest BCUT2D eigenvalue weighted by atomic mass is 9.99. The molecule has 2 heteroatoms. The standard InChI is InChI=1S/C24H44N2/c1-5-9-12-21(7-3)17-25-19-23-14-11-15-24(16-23)20-26-18-22(8-4)13-10-6-2/h11,14-16,21-22,25-26H,5-10,12-13,17-20H2,1-4H3. The predicted molar refractivity (Wildman–Crippen MR) is 116 cm³/mol. The van der Waals surface area contributed by atoms with Gasteiger partial charge in [0, 0.05) is 13.1 Å². The summed E-state index contributed by atoms with van der Waals surface area (Å²) >= 11 is 0. The smallest absolute Gasteiger partial charge is 0.0205 e. The number of nitrogens with one attached hydrogen (secondary N) is 2. The largest absolute Gasteiger partial charge is 0.312 e. The normalized spacial score (nSPS) is 13.7. The summed E-state index contributed by atoms with van der Waals surface area (Å²) < 4.78 is 0. The summed E-state index contributed by atoms with van der Waals surface area (Å²) in [6, 6.07) is 9.07. The molecule has 1 rings (SSSR count). The van der Waals surface area contributed by atoms with Crippen LogP contribution < -0.4 is 10.6 Å². The molecular weight excluding hydrogens is 316 g/mol. The van der Waals surface area contributed by atoms with E-state index in [1.54, 1.807) is 0 Å². The fourth-order valence-corrected chi connectivity index (χ4v) is 3.58. The van der Waals surface area contributed by atoms with Gasteiger partial charge in [-0.3, -0.25) is 0 Å². The van der Waals surface area contributed by atoms with Crippen LogP contribution in [0, 0.1) is 11.8 Å². The highest BCUT2D eigenvalue weighted by Crippen LogP contribution is 2.13. The summed E-state index contributed by atoms with van der Waals surface area (Å²) in [5.41, 5.74) is 2.82. The van der Waals surface area contributed by atoms with Gasteiger partial charge in [-0.1, -0.05) is 90.5 Å². The summed E-state index contributed by atoms with van der Waals surface area (Å²) in [7, 11) is 0. The molecule has 0 heterocycles. The molecule has 0 saturated heterocycles. The molecule has 2 N–H and O–H groups in total. The highest BCUT2D eigenvalue weighted by atomic mass is 14.9. The highest BCUT2D eigenvalue weighted by molar-refractivity contribution is 5.23. The molecule has 150 valence electrons. The molecule has 0 aliphatic heterocycles. The molecule has 0 amide bonds. The van der Waals surface area contributed by atoms with E-state index in [1.165, 1.54) is 62.5 Å². The molecule has 2 nitrogen and oxygen atoms in total. The molecule has 0 saturated carbocycles. The first-order chi connectivity index (χ1) is 12.7. The zero-order chi connectivity index (χ0) is 19.0. The Labute approximate surface area is 163 Å². The number of hydrogen-bond donors (Lipinski definition) is 2. The fraction of sp³-hybridized carbons (Fsp3) is 0.750. The van der Waals surface area contributed by atoms with E-state index in [0.29, 0.717) is 0 Å². The highest BCUT2D eigenvalue weighted by Gasteiger charge is 2.06. The number of unbranched alkanes of at least 4 members (excludes halogenated alkanes) is 2. The summed E-state index contributed by atoms with van der Waals surface area (Å²) in [6.07, 6.45) is 10.6. The predicted octanol–water partition coefficient (Wildman–Crippen LogP) is 6.30. The van der Waals surface area contributed by atoms with E-state index in [-0.39, 0.29) is 0 Å². The van der Waals surface area contributed by atoms with E-state index in [9.17, 15) is 0 Å². The summed E-state index contributed by atoms with van der Waals surface area (Å²) in [6.45, 7) is 13.5. The van der Waals surface area contributed by atoms with E-state index in [0.717, 1.165) is 38.0 Å². The van der Waals surface area contributed by atoms with E-state index in [4.69, 9.17) is 0 Å². The van der Waals surface area contributed by atoms with Gasteiger partial charge in [0.05, 0.1) is 0 Å². The Morgan fingerprint density at radius 3 is 1.58 bits per heavy atom. The van der Waals surface area contributed by atoms with Crippen molar-refractivity contribution < 1.29 is 0 Å². The number of hydrogen-bond acceptors (Lipinski definition) is 2. The van der Waals surface area contributed by atoms with Gasteiger partial charge in [-0.25, -0.2) is 0 Å². The molecule has 0 aromatic heterocycles.